The van der Waals surface area contributed by atoms with Gasteiger partial charge in [0.1, 0.15) is 0 Å². The van der Waals surface area contributed by atoms with Crippen molar-refractivity contribution in [1.82, 2.24) is 14.8 Å². The van der Waals surface area contributed by atoms with Gasteiger partial charge in [-0.25, -0.2) is 4.68 Å². The molecule has 0 aliphatic heterocycles. The van der Waals surface area contributed by atoms with E-state index in [0.717, 1.165) is 16.9 Å². The maximum absolute atomic E-state index is 13.1. The Morgan fingerprint density at radius 3 is 2.12 bits per heavy atom. The Kier molecular flexibility index (Phi) is 6.03. The minimum Gasteiger partial charge on any atom is -0.493 e. The van der Waals surface area contributed by atoms with E-state index in [0.29, 0.717) is 22.9 Å². The number of benzene rings is 2. The van der Waals surface area contributed by atoms with E-state index >= 15 is 0 Å². The maximum Gasteiger partial charge on any atom is 0.276 e. The number of amides is 1. The summed E-state index contributed by atoms with van der Waals surface area (Å²) >= 11 is 0. The lowest BCUT2D eigenvalue weighted by Crippen LogP contribution is -2.13. The van der Waals surface area contributed by atoms with Crippen LogP contribution in [0.2, 0.25) is 0 Å². The standard InChI is InChI=1S/C24H22N4O4/c1-30-21-13-17(14-22(31-2)23(21)32-3)26-24(29)19-15-20(16-9-11-25-12-10-16)28(27-19)18-7-5-4-6-8-18/h4-15H,1-3H3,(H,26,29). The summed E-state index contributed by atoms with van der Waals surface area (Å²) in [5.74, 6) is 0.953. The number of methoxy groups -OCH3 is 3. The number of hydrogen-bond donors (Lipinski definition) is 1. The van der Waals surface area contributed by atoms with Crippen molar-refractivity contribution >= 4 is 11.6 Å². The zero-order valence-electron chi connectivity index (χ0n) is 17.9. The second kappa shape index (κ2) is 9.22. The quantitative estimate of drug-likeness (QED) is 0.473. The summed E-state index contributed by atoms with van der Waals surface area (Å²) < 4.78 is 17.8. The Balaban J connectivity index is 1.72. The number of carbonyl (C=O) groups is 1. The lowest BCUT2D eigenvalue weighted by molar-refractivity contribution is 0.102. The normalized spacial score (nSPS) is 10.5. The summed E-state index contributed by atoms with van der Waals surface area (Å²) in [5, 5.41) is 7.43. The third kappa shape index (κ3) is 4.11. The predicted molar refractivity (Wildman–Crippen MR) is 121 cm³/mol. The van der Waals surface area contributed by atoms with E-state index in [-0.39, 0.29) is 11.6 Å². The first-order valence-corrected chi connectivity index (χ1v) is 9.82. The first kappa shape index (κ1) is 20.9. The van der Waals surface area contributed by atoms with Crippen molar-refractivity contribution in [3.63, 3.8) is 0 Å². The summed E-state index contributed by atoms with van der Waals surface area (Å²) in [6.07, 6.45) is 3.40. The van der Waals surface area contributed by atoms with Gasteiger partial charge in [-0.1, -0.05) is 18.2 Å². The van der Waals surface area contributed by atoms with Crippen LogP contribution in [0.1, 0.15) is 10.5 Å². The molecule has 1 amide bonds. The minimum absolute atomic E-state index is 0.259. The Morgan fingerprint density at radius 1 is 0.875 bits per heavy atom. The van der Waals surface area contributed by atoms with E-state index < -0.39 is 0 Å². The second-order valence-corrected chi connectivity index (χ2v) is 6.77. The molecule has 162 valence electrons. The molecule has 32 heavy (non-hydrogen) atoms. The van der Waals surface area contributed by atoms with Gasteiger partial charge < -0.3 is 19.5 Å². The van der Waals surface area contributed by atoms with E-state index in [4.69, 9.17) is 14.2 Å². The first-order chi connectivity index (χ1) is 15.6. The van der Waals surface area contributed by atoms with Crippen LogP contribution < -0.4 is 19.5 Å². The average Bonchev–Trinajstić information content (AvgIpc) is 3.30. The van der Waals surface area contributed by atoms with Gasteiger partial charge in [-0.2, -0.15) is 5.10 Å². The zero-order valence-corrected chi connectivity index (χ0v) is 17.9. The number of ether oxygens (including phenoxy) is 3. The van der Waals surface area contributed by atoms with Crippen molar-refractivity contribution in [2.45, 2.75) is 0 Å². The van der Waals surface area contributed by atoms with Crippen LogP contribution in [-0.4, -0.2) is 42.0 Å². The number of para-hydroxylation sites is 1. The fourth-order valence-corrected chi connectivity index (χ4v) is 3.33. The number of nitrogens with zero attached hydrogens (tertiary/aromatic N) is 3. The van der Waals surface area contributed by atoms with Crippen LogP contribution in [0, 0.1) is 0 Å². The molecule has 2 aromatic heterocycles. The summed E-state index contributed by atoms with van der Waals surface area (Å²) in [5.41, 5.74) is 3.25. The topological polar surface area (TPSA) is 87.5 Å². The van der Waals surface area contributed by atoms with Crippen LogP contribution >= 0.6 is 0 Å². The lowest BCUT2D eigenvalue weighted by Gasteiger charge is -2.14. The van der Waals surface area contributed by atoms with E-state index in [1.54, 1.807) is 35.3 Å². The van der Waals surface area contributed by atoms with Crippen LogP contribution in [0.4, 0.5) is 5.69 Å². The van der Waals surface area contributed by atoms with Crippen molar-refractivity contribution in [3.8, 4) is 34.2 Å². The van der Waals surface area contributed by atoms with Gasteiger partial charge in [-0.15, -0.1) is 0 Å². The maximum atomic E-state index is 13.1. The molecule has 0 saturated heterocycles. The predicted octanol–water partition coefficient (Wildman–Crippen LogP) is 4.21. The fourth-order valence-electron chi connectivity index (χ4n) is 3.33. The van der Waals surface area contributed by atoms with Gasteiger partial charge in [0.25, 0.3) is 5.91 Å². The Morgan fingerprint density at radius 2 is 1.53 bits per heavy atom. The first-order valence-electron chi connectivity index (χ1n) is 9.82. The second-order valence-electron chi connectivity index (χ2n) is 6.77. The molecule has 1 N–H and O–H groups in total. The van der Waals surface area contributed by atoms with Crippen molar-refractivity contribution in [3.05, 3.63) is 78.8 Å². The third-order valence-electron chi connectivity index (χ3n) is 4.84. The van der Waals surface area contributed by atoms with E-state index in [1.165, 1.54) is 21.3 Å². The van der Waals surface area contributed by atoms with E-state index in [2.05, 4.69) is 15.4 Å². The van der Waals surface area contributed by atoms with Gasteiger partial charge in [0.2, 0.25) is 5.75 Å². The van der Waals surface area contributed by atoms with E-state index in [1.807, 2.05) is 42.5 Å². The summed E-state index contributed by atoms with van der Waals surface area (Å²) in [6, 6.07) is 18.4. The molecule has 4 rings (SSSR count). The van der Waals surface area contributed by atoms with Gasteiger partial charge in [0.05, 0.1) is 32.7 Å². The molecule has 0 bridgehead atoms. The molecule has 8 heteroatoms. The van der Waals surface area contributed by atoms with Gasteiger partial charge in [0.15, 0.2) is 17.2 Å². The molecule has 2 aromatic carbocycles. The number of nitrogens with one attached hydrogen (secondary N) is 1. The summed E-state index contributed by atoms with van der Waals surface area (Å²) in [7, 11) is 4.56. The Labute approximate surface area is 185 Å². The van der Waals surface area contributed by atoms with Gasteiger partial charge >= 0.3 is 0 Å². The minimum atomic E-state index is -0.371. The molecule has 4 aromatic rings. The molecule has 0 fully saturated rings. The molecule has 0 atom stereocenters. The highest BCUT2D eigenvalue weighted by Gasteiger charge is 2.19. The van der Waals surface area contributed by atoms with Crippen LogP contribution in [0.25, 0.3) is 16.9 Å². The van der Waals surface area contributed by atoms with Gasteiger partial charge in [-0.3, -0.25) is 9.78 Å². The average molecular weight is 430 g/mol. The lowest BCUT2D eigenvalue weighted by atomic mass is 10.1. The van der Waals surface area contributed by atoms with Gasteiger partial charge in [0, 0.05) is 35.8 Å². The highest BCUT2D eigenvalue weighted by atomic mass is 16.5. The van der Waals surface area contributed by atoms with Crippen LogP contribution in [0.3, 0.4) is 0 Å². The largest absolute Gasteiger partial charge is 0.493 e. The number of aromatic nitrogens is 3. The highest BCUT2D eigenvalue weighted by Crippen LogP contribution is 2.40. The molecule has 0 spiro atoms. The number of hydrogen-bond acceptors (Lipinski definition) is 6. The summed E-state index contributed by atoms with van der Waals surface area (Å²) in [6.45, 7) is 0. The van der Waals surface area contributed by atoms with Crippen molar-refractivity contribution < 1.29 is 19.0 Å². The molecule has 0 saturated carbocycles. The number of carbonyl (C=O) groups excluding carboxylic acids is 1. The highest BCUT2D eigenvalue weighted by molar-refractivity contribution is 6.04. The van der Waals surface area contributed by atoms with E-state index in [9.17, 15) is 4.79 Å². The number of rotatable bonds is 7. The molecule has 0 unspecified atom stereocenters. The molecule has 8 nitrogen and oxygen atoms in total. The van der Waals surface area contributed by atoms with Crippen molar-refractivity contribution in [1.29, 1.82) is 0 Å². The number of anilines is 1. The van der Waals surface area contributed by atoms with Gasteiger partial charge in [-0.05, 0) is 30.3 Å². The molecule has 0 radical (unpaired) electrons. The number of pyridine rings is 1. The van der Waals surface area contributed by atoms with Crippen molar-refractivity contribution in [2.75, 3.05) is 26.6 Å². The fraction of sp³-hybridized carbons (Fsp3) is 0.125. The third-order valence-corrected chi connectivity index (χ3v) is 4.84. The summed E-state index contributed by atoms with van der Waals surface area (Å²) in [4.78, 5) is 17.2. The molecule has 0 aliphatic carbocycles. The molecule has 0 aliphatic rings. The molecular formula is C24H22N4O4. The molecular weight excluding hydrogens is 408 g/mol. The Bertz CT molecular complexity index is 1140. The van der Waals surface area contributed by atoms with Crippen LogP contribution in [0.5, 0.6) is 17.2 Å². The van der Waals surface area contributed by atoms with Crippen LogP contribution in [0.15, 0.2) is 73.1 Å². The molecule has 2 heterocycles. The Hall–Kier alpha value is -4.33. The van der Waals surface area contributed by atoms with Crippen molar-refractivity contribution in [2.24, 2.45) is 0 Å². The SMILES string of the molecule is COc1cc(NC(=O)c2cc(-c3ccncc3)n(-c3ccccc3)n2)cc(OC)c1OC. The van der Waals surface area contributed by atoms with Crippen LogP contribution in [-0.2, 0) is 0 Å². The monoisotopic (exact) mass is 430 g/mol. The smallest absolute Gasteiger partial charge is 0.276 e. The zero-order chi connectivity index (χ0) is 22.5.